The van der Waals surface area contributed by atoms with E-state index < -0.39 is 0 Å². The van der Waals surface area contributed by atoms with Crippen LogP contribution in [-0.4, -0.2) is 29.1 Å². The Morgan fingerprint density at radius 1 is 1.12 bits per heavy atom. The van der Waals surface area contributed by atoms with Crippen molar-refractivity contribution < 1.29 is 9.32 Å². The van der Waals surface area contributed by atoms with Gasteiger partial charge in [0.15, 0.2) is 0 Å². The zero-order valence-electron chi connectivity index (χ0n) is 14.2. The molecular weight excluding hydrogens is 300 g/mol. The fraction of sp³-hybridized carbons (Fsp3) is 0.500. The molecular formula is C20H24N2O2. The molecule has 126 valence electrons. The fourth-order valence-electron chi connectivity index (χ4n) is 4.36. The van der Waals surface area contributed by atoms with Crippen molar-refractivity contribution >= 4 is 5.91 Å². The van der Waals surface area contributed by atoms with Crippen molar-refractivity contribution in [3.63, 3.8) is 0 Å². The van der Waals surface area contributed by atoms with Gasteiger partial charge in [-0.2, -0.15) is 0 Å². The van der Waals surface area contributed by atoms with E-state index >= 15 is 0 Å². The van der Waals surface area contributed by atoms with E-state index in [4.69, 9.17) is 4.52 Å². The summed E-state index contributed by atoms with van der Waals surface area (Å²) in [5, 5.41) is 4.16. The second-order valence-corrected chi connectivity index (χ2v) is 7.17. The Labute approximate surface area is 142 Å². The smallest absolute Gasteiger partial charge is 0.259 e. The van der Waals surface area contributed by atoms with E-state index in [9.17, 15) is 4.79 Å². The molecule has 1 aliphatic carbocycles. The standard InChI is InChI=1S/C20H24N2O2/c1-14-18(19(21-24-14)16-8-3-2-4-9-16)20(23)22-12-11-15-7-5-6-10-17(15)13-22/h2-4,8-9,15,17H,5-7,10-13H2,1H3/t15-,17+/m1/s1. The third-order valence-electron chi connectivity index (χ3n) is 5.70. The predicted molar refractivity (Wildman–Crippen MR) is 92.6 cm³/mol. The van der Waals surface area contributed by atoms with Crippen LogP contribution in [0.1, 0.15) is 48.2 Å². The third-order valence-corrected chi connectivity index (χ3v) is 5.70. The fourth-order valence-corrected chi connectivity index (χ4v) is 4.36. The molecule has 0 spiro atoms. The molecule has 2 fully saturated rings. The summed E-state index contributed by atoms with van der Waals surface area (Å²) in [5.74, 6) is 2.19. The number of piperidine rings is 1. The van der Waals surface area contributed by atoms with Gasteiger partial charge in [-0.05, 0) is 31.6 Å². The van der Waals surface area contributed by atoms with E-state index in [0.717, 1.165) is 31.0 Å². The average molecular weight is 324 g/mol. The van der Waals surface area contributed by atoms with Gasteiger partial charge in [-0.15, -0.1) is 0 Å². The highest BCUT2D eigenvalue weighted by molar-refractivity contribution is 6.00. The third kappa shape index (κ3) is 2.74. The van der Waals surface area contributed by atoms with Gasteiger partial charge in [-0.1, -0.05) is 54.8 Å². The predicted octanol–water partition coefficient (Wildman–Crippen LogP) is 4.30. The zero-order valence-corrected chi connectivity index (χ0v) is 14.2. The first-order valence-electron chi connectivity index (χ1n) is 9.05. The van der Waals surface area contributed by atoms with Gasteiger partial charge < -0.3 is 9.42 Å². The molecule has 4 rings (SSSR count). The monoisotopic (exact) mass is 324 g/mol. The SMILES string of the molecule is Cc1onc(-c2ccccc2)c1C(=O)N1CC[C@H]2CCCC[C@H]2C1. The van der Waals surface area contributed by atoms with E-state index in [1.165, 1.54) is 25.7 Å². The van der Waals surface area contributed by atoms with Crippen LogP contribution in [-0.2, 0) is 0 Å². The van der Waals surface area contributed by atoms with Gasteiger partial charge in [-0.25, -0.2) is 0 Å². The number of hydrogen-bond acceptors (Lipinski definition) is 3. The first-order chi connectivity index (χ1) is 11.7. The molecule has 24 heavy (non-hydrogen) atoms. The molecule has 2 aromatic rings. The Morgan fingerprint density at radius 3 is 2.67 bits per heavy atom. The van der Waals surface area contributed by atoms with E-state index in [1.54, 1.807) is 0 Å². The maximum Gasteiger partial charge on any atom is 0.259 e. The lowest BCUT2D eigenvalue weighted by atomic mass is 9.75. The van der Waals surface area contributed by atoms with Gasteiger partial charge in [0.05, 0.1) is 0 Å². The van der Waals surface area contributed by atoms with Crippen LogP contribution in [0, 0.1) is 18.8 Å². The number of carbonyl (C=O) groups excluding carboxylic acids is 1. The summed E-state index contributed by atoms with van der Waals surface area (Å²) in [4.78, 5) is 15.2. The maximum atomic E-state index is 13.2. The number of aryl methyl sites for hydroxylation is 1. The van der Waals surface area contributed by atoms with Gasteiger partial charge in [0.25, 0.3) is 5.91 Å². The summed E-state index contributed by atoms with van der Waals surface area (Å²) in [6.07, 6.45) is 6.42. The highest BCUT2D eigenvalue weighted by Gasteiger charge is 2.35. The largest absolute Gasteiger partial charge is 0.360 e. The molecule has 0 unspecified atom stereocenters. The van der Waals surface area contributed by atoms with Crippen LogP contribution >= 0.6 is 0 Å². The van der Waals surface area contributed by atoms with Gasteiger partial charge in [-0.3, -0.25) is 4.79 Å². The van der Waals surface area contributed by atoms with E-state index in [-0.39, 0.29) is 5.91 Å². The minimum absolute atomic E-state index is 0.0802. The molecule has 1 amide bonds. The van der Waals surface area contributed by atoms with E-state index in [0.29, 0.717) is 22.9 Å². The highest BCUT2D eigenvalue weighted by atomic mass is 16.5. The Balaban J connectivity index is 1.60. The van der Waals surface area contributed by atoms with Gasteiger partial charge in [0, 0.05) is 18.7 Å². The van der Waals surface area contributed by atoms with Crippen molar-refractivity contribution in [2.75, 3.05) is 13.1 Å². The lowest BCUT2D eigenvalue weighted by Gasteiger charge is -2.41. The number of benzene rings is 1. The lowest BCUT2D eigenvalue weighted by Crippen LogP contribution is -2.45. The quantitative estimate of drug-likeness (QED) is 0.827. The van der Waals surface area contributed by atoms with Crippen LogP contribution in [0.3, 0.4) is 0 Å². The first-order valence-corrected chi connectivity index (χ1v) is 9.05. The number of likely N-dealkylation sites (tertiary alicyclic amines) is 1. The van der Waals surface area contributed by atoms with Crippen LogP contribution in [0.5, 0.6) is 0 Å². The van der Waals surface area contributed by atoms with Gasteiger partial charge >= 0.3 is 0 Å². The minimum atomic E-state index is 0.0802. The number of amides is 1. The normalized spacial score (nSPS) is 23.8. The van der Waals surface area contributed by atoms with Crippen molar-refractivity contribution in [1.82, 2.24) is 10.1 Å². The van der Waals surface area contributed by atoms with Crippen molar-refractivity contribution in [1.29, 1.82) is 0 Å². The summed E-state index contributed by atoms with van der Waals surface area (Å²) in [7, 11) is 0. The Hall–Kier alpha value is -2.10. The molecule has 1 aromatic heterocycles. The number of carbonyl (C=O) groups is 1. The zero-order chi connectivity index (χ0) is 16.5. The first kappa shape index (κ1) is 15.4. The van der Waals surface area contributed by atoms with Crippen LogP contribution in [0.4, 0.5) is 0 Å². The molecule has 2 heterocycles. The Morgan fingerprint density at radius 2 is 1.88 bits per heavy atom. The molecule has 1 aromatic carbocycles. The van der Waals surface area contributed by atoms with Crippen molar-refractivity contribution in [2.24, 2.45) is 11.8 Å². The molecule has 1 saturated heterocycles. The lowest BCUT2D eigenvalue weighted by molar-refractivity contribution is 0.0520. The van der Waals surface area contributed by atoms with E-state index in [1.807, 2.05) is 42.2 Å². The summed E-state index contributed by atoms with van der Waals surface area (Å²) < 4.78 is 5.37. The summed E-state index contributed by atoms with van der Waals surface area (Å²) in [6.45, 7) is 3.58. The Bertz CT molecular complexity index is 722. The second kappa shape index (κ2) is 6.42. The maximum absolute atomic E-state index is 13.2. The number of fused-ring (bicyclic) bond motifs is 1. The Kier molecular flexibility index (Phi) is 4.13. The van der Waals surface area contributed by atoms with Crippen molar-refractivity contribution in [3.8, 4) is 11.3 Å². The van der Waals surface area contributed by atoms with Gasteiger partial charge in [0.1, 0.15) is 17.0 Å². The molecule has 2 aliphatic rings. The van der Waals surface area contributed by atoms with Crippen molar-refractivity contribution in [2.45, 2.75) is 39.0 Å². The second-order valence-electron chi connectivity index (χ2n) is 7.17. The molecule has 0 bridgehead atoms. The number of aromatic nitrogens is 1. The van der Waals surface area contributed by atoms with Crippen molar-refractivity contribution in [3.05, 3.63) is 41.7 Å². The molecule has 0 radical (unpaired) electrons. The molecule has 1 saturated carbocycles. The summed E-state index contributed by atoms with van der Waals surface area (Å²) >= 11 is 0. The van der Waals surface area contributed by atoms with Crippen LogP contribution in [0.2, 0.25) is 0 Å². The number of nitrogens with zero attached hydrogens (tertiary/aromatic N) is 2. The summed E-state index contributed by atoms with van der Waals surface area (Å²) in [6, 6.07) is 9.83. The molecule has 1 aliphatic heterocycles. The van der Waals surface area contributed by atoms with Gasteiger partial charge in [0.2, 0.25) is 0 Å². The minimum Gasteiger partial charge on any atom is -0.360 e. The van der Waals surface area contributed by atoms with Crippen LogP contribution in [0.25, 0.3) is 11.3 Å². The number of hydrogen-bond donors (Lipinski definition) is 0. The van der Waals surface area contributed by atoms with Crippen LogP contribution in [0.15, 0.2) is 34.9 Å². The van der Waals surface area contributed by atoms with Crippen LogP contribution < -0.4 is 0 Å². The highest BCUT2D eigenvalue weighted by Crippen LogP contribution is 2.37. The molecule has 4 heteroatoms. The average Bonchev–Trinajstić information content (AvgIpc) is 3.03. The summed E-state index contributed by atoms with van der Waals surface area (Å²) in [5.41, 5.74) is 2.24. The topological polar surface area (TPSA) is 46.3 Å². The number of rotatable bonds is 2. The molecule has 0 N–H and O–H groups in total. The molecule has 4 nitrogen and oxygen atoms in total. The van der Waals surface area contributed by atoms with E-state index in [2.05, 4.69) is 5.16 Å². The molecule has 2 atom stereocenters.